The summed E-state index contributed by atoms with van der Waals surface area (Å²) in [6.07, 6.45) is 1.60. The smallest absolute Gasteiger partial charge is 0.136 e. The van der Waals surface area contributed by atoms with Gasteiger partial charge in [-0.1, -0.05) is 0 Å². The van der Waals surface area contributed by atoms with Crippen LogP contribution in [0.15, 0.2) is 15.6 Å². The van der Waals surface area contributed by atoms with Crippen molar-refractivity contribution in [2.45, 2.75) is 0 Å². The molecule has 1 aliphatic rings. The summed E-state index contributed by atoms with van der Waals surface area (Å²) in [5, 5.41) is 10.1. The maximum atomic E-state index is 4.65. The minimum Gasteiger partial charge on any atom is -0.376 e. The van der Waals surface area contributed by atoms with E-state index in [9.17, 15) is 0 Å². The van der Waals surface area contributed by atoms with E-state index in [-0.39, 0.29) is 0 Å². The Kier molecular flexibility index (Phi) is 2.00. The van der Waals surface area contributed by atoms with Gasteiger partial charge in [0.1, 0.15) is 12.9 Å². The standard InChI is InChI=1S/C4H8N4O/c1-8-2-3-9-7-6-5-4-8/h4H,2-3H2,1H3/b5-4+,7-6-. The van der Waals surface area contributed by atoms with Crippen molar-refractivity contribution < 1.29 is 4.84 Å². The quantitative estimate of drug-likeness (QED) is 0.469. The van der Waals surface area contributed by atoms with Gasteiger partial charge in [0.2, 0.25) is 0 Å². The first-order valence-corrected chi connectivity index (χ1v) is 2.65. The Balaban J connectivity index is 2.44. The molecule has 0 fully saturated rings. The lowest BCUT2D eigenvalue weighted by atomic mass is 10.6. The molecular weight excluding hydrogens is 120 g/mol. The Morgan fingerprint density at radius 1 is 1.67 bits per heavy atom. The molecule has 0 atom stereocenters. The SMILES string of the molecule is CN1/C=N/N=N\OCC1. The molecule has 0 aliphatic carbocycles. The first-order chi connectivity index (χ1) is 4.39. The van der Waals surface area contributed by atoms with Crippen LogP contribution in [0.3, 0.4) is 0 Å². The largest absolute Gasteiger partial charge is 0.376 e. The third kappa shape index (κ3) is 2.07. The zero-order valence-electron chi connectivity index (χ0n) is 5.19. The number of hydrogen-bond donors (Lipinski definition) is 0. The van der Waals surface area contributed by atoms with E-state index in [0.29, 0.717) is 6.61 Å². The normalized spacial score (nSPS) is 25.7. The summed E-state index contributed by atoms with van der Waals surface area (Å²) in [6.45, 7) is 1.36. The highest BCUT2D eigenvalue weighted by Gasteiger charge is 1.93. The van der Waals surface area contributed by atoms with E-state index < -0.39 is 0 Å². The lowest BCUT2D eigenvalue weighted by molar-refractivity contribution is 0.110. The van der Waals surface area contributed by atoms with Gasteiger partial charge < -0.3 is 9.74 Å². The van der Waals surface area contributed by atoms with Crippen LogP contribution in [0.2, 0.25) is 0 Å². The molecule has 50 valence electrons. The summed E-state index contributed by atoms with van der Waals surface area (Å²) < 4.78 is 0. The predicted octanol–water partition coefficient (Wildman–Crippen LogP) is 0.259. The number of nitrogens with zero attached hydrogens (tertiary/aromatic N) is 4. The summed E-state index contributed by atoms with van der Waals surface area (Å²) >= 11 is 0. The molecule has 0 radical (unpaired) electrons. The lowest BCUT2D eigenvalue weighted by Crippen LogP contribution is -2.21. The van der Waals surface area contributed by atoms with Crippen molar-refractivity contribution in [3.63, 3.8) is 0 Å². The third-order valence-electron chi connectivity index (χ3n) is 0.930. The molecule has 0 saturated heterocycles. The zero-order valence-corrected chi connectivity index (χ0v) is 5.19. The van der Waals surface area contributed by atoms with Crippen LogP contribution >= 0.6 is 0 Å². The van der Waals surface area contributed by atoms with Gasteiger partial charge in [0.15, 0.2) is 0 Å². The molecular formula is C4H8N4O. The second-order valence-electron chi connectivity index (χ2n) is 1.72. The van der Waals surface area contributed by atoms with E-state index in [4.69, 9.17) is 0 Å². The second kappa shape index (κ2) is 3.01. The van der Waals surface area contributed by atoms with E-state index in [1.807, 2.05) is 11.9 Å². The van der Waals surface area contributed by atoms with Crippen molar-refractivity contribution in [2.24, 2.45) is 15.6 Å². The summed E-state index contributed by atoms with van der Waals surface area (Å²) in [5.41, 5.74) is 0. The first-order valence-electron chi connectivity index (χ1n) is 2.65. The molecule has 0 saturated carbocycles. The molecule has 5 nitrogen and oxygen atoms in total. The summed E-state index contributed by atoms with van der Waals surface area (Å²) in [6, 6.07) is 0. The average Bonchev–Trinajstić information content (AvgIpc) is 1.79. The average molecular weight is 128 g/mol. The molecule has 1 aliphatic heterocycles. The monoisotopic (exact) mass is 128 g/mol. The highest BCUT2D eigenvalue weighted by molar-refractivity contribution is 5.53. The summed E-state index contributed by atoms with van der Waals surface area (Å²) in [4.78, 5) is 6.52. The van der Waals surface area contributed by atoms with Gasteiger partial charge in [-0.05, 0) is 5.22 Å². The van der Waals surface area contributed by atoms with Crippen molar-refractivity contribution in [2.75, 3.05) is 20.2 Å². The fourth-order valence-corrected chi connectivity index (χ4v) is 0.442. The second-order valence-corrected chi connectivity index (χ2v) is 1.72. The Morgan fingerprint density at radius 3 is 3.44 bits per heavy atom. The van der Waals surface area contributed by atoms with E-state index in [0.717, 1.165) is 6.54 Å². The minimum absolute atomic E-state index is 0.562. The van der Waals surface area contributed by atoms with Gasteiger partial charge in [-0.25, -0.2) is 0 Å². The van der Waals surface area contributed by atoms with E-state index in [1.165, 1.54) is 0 Å². The maximum absolute atomic E-state index is 4.65. The first kappa shape index (κ1) is 6.00. The lowest BCUT2D eigenvalue weighted by Gasteiger charge is -2.10. The molecule has 9 heavy (non-hydrogen) atoms. The predicted molar refractivity (Wildman–Crippen MR) is 31.9 cm³/mol. The van der Waals surface area contributed by atoms with Crippen molar-refractivity contribution in [3.05, 3.63) is 0 Å². The van der Waals surface area contributed by atoms with Gasteiger partial charge >= 0.3 is 0 Å². The molecule has 0 bridgehead atoms. The summed E-state index contributed by atoms with van der Waals surface area (Å²) in [5.74, 6) is 0. The number of rotatable bonds is 0. The zero-order chi connectivity index (χ0) is 6.53. The fraction of sp³-hybridized carbons (Fsp3) is 0.750. The Hall–Kier alpha value is -1.13. The molecule has 0 aromatic heterocycles. The minimum atomic E-state index is 0.562. The highest BCUT2D eigenvalue weighted by atomic mass is 16.6. The molecule has 0 unspecified atom stereocenters. The van der Waals surface area contributed by atoms with Crippen LogP contribution in [0, 0.1) is 0 Å². The molecule has 0 N–H and O–H groups in total. The van der Waals surface area contributed by atoms with Crippen LogP contribution in [-0.2, 0) is 4.84 Å². The van der Waals surface area contributed by atoms with Gasteiger partial charge in [-0.2, -0.15) is 0 Å². The maximum Gasteiger partial charge on any atom is 0.136 e. The summed E-state index contributed by atoms with van der Waals surface area (Å²) in [7, 11) is 1.90. The van der Waals surface area contributed by atoms with Crippen LogP contribution in [-0.4, -0.2) is 31.4 Å². The van der Waals surface area contributed by atoms with Crippen molar-refractivity contribution in [1.29, 1.82) is 0 Å². The number of hydrogen-bond acceptors (Lipinski definition) is 5. The molecule has 0 amide bonds. The topological polar surface area (TPSA) is 49.5 Å². The van der Waals surface area contributed by atoms with Gasteiger partial charge in [0.25, 0.3) is 0 Å². The van der Waals surface area contributed by atoms with E-state index in [1.54, 1.807) is 6.34 Å². The molecule has 0 aromatic carbocycles. The van der Waals surface area contributed by atoms with Gasteiger partial charge in [-0.15, -0.1) is 5.10 Å². The van der Waals surface area contributed by atoms with Crippen LogP contribution in [0.5, 0.6) is 0 Å². The van der Waals surface area contributed by atoms with Crippen LogP contribution in [0.4, 0.5) is 0 Å². The third-order valence-corrected chi connectivity index (χ3v) is 0.930. The van der Waals surface area contributed by atoms with Gasteiger partial charge in [0.05, 0.1) is 6.54 Å². The van der Waals surface area contributed by atoms with Crippen LogP contribution < -0.4 is 0 Å². The Labute approximate surface area is 53.0 Å². The van der Waals surface area contributed by atoms with Gasteiger partial charge in [0, 0.05) is 12.3 Å². The van der Waals surface area contributed by atoms with E-state index >= 15 is 0 Å². The van der Waals surface area contributed by atoms with Crippen LogP contribution in [0.25, 0.3) is 0 Å². The highest BCUT2D eigenvalue weighted by Crippen LogP contribution is 1.87. The molecule has 1 rings (SSSR count). The van der Waals surface area contributed by atoms with Crippen molar-refractivity contribution >= 4 is 6.34 Å². The molecule has 0 aromatic rings. The van der Waals surface area contributed by atoms with Crippen molar-refractivity contribution in [1.82, 2.24) is 4.90 Å². The number of likely N-dealkylation sites (N-methyl/N-ethyl adjacent to an activating group) is 1. The van der Waals surface area contributed by atoms with Crippen LogP contribution in [0.1, 0.15) is 0 Å². The van der Waals surface area contributed by atoms with Crippen molar-refractivity contribution in [3.8, 4) is 0 Å². The van der Waals surface area contributed by atoms with Gasteiger partial charge in [-0.3, -0.25) is 0 Å². The molecule has 5 heteroatoms. The molecule has 0 spiro atoms. The Bertz CT molecular complexity index is 133. The molecule has 1 heterocycles. The van der Waals surface area contributed by atoms with E-state index in [2.05, 4.69) is 20.4 Å². The fourth-order valence-electron chi connectivity index (χ4n) is 0.442. The Morgan fingerprint density at radius 2 is 2.56 bits per heavy atom.